The summed E-state index contributed by atoms with van der Waals surface area (Å²) >= 11 is 11.2. The molecule has 0 amide bonds. The average Bonchev–Trinajstić information content (AvgIpc) is 2.98. The Hall–Kier alpha value is -4.00. The van der Waals surface area contributed by atoms with Crippen molar-refractivity contribution >= 4 is 66.7 Å². The predicted molar refractivity (Wildman–Crippen MR) is 162 cm³/mol. The summed E-state index contributed by atoms with van der Waals surface area (Å²) in [4.78, 5) is 23.9. The number of hydrogen-bond acceptors (Lipinski definition) is 6. The topological polar surface area (TPSA) is 78.9 Å². The Morgan fingerprint density at radius 1 is 0.525 bits per heavy atom. The number of halogens is 2. The molecule has 0 aliphatic carbocycles. The molecule has 0 spiro atoms. The molecule has 204 valence electrons. The lowest BCUT2D eigenvalue weighted by Gasteiger charge is -2.07. The van der Waals surface area contributed by atoms with Crippen molar-refractivity contribution in [3.8, 4) is 11.5 Å². The first-order valence-corrected chi connectivity index (χ1v) is 13.9. The maximum atomic E-state index is 11.9. The third-order valence-electron chi connectivity index (χ3n) is 6.28. The van der Waals surface area contributed by atoms with Crippen LogP contribution < -0.4 is 20.7 Å². The first-order chi connectivity index (χ1) is 19.6. The van der Waals surface area contributed by atoms with E-state index in [9.17, 15) is 9.59 Å². The smallest absolute Gasteiger partial charge is 0.344 e. The van der Waals surface area contributed by atoms with Crippen LogP contribution in [0.4, 0.5) is 0 Å². The first kappa shape index (κ1) is 27.6. The van der Waals surface area contributed by atoms with Gasteiger partial charge in [0.05, 0.1) is 24.0 Å². The van der Waals surface area contributed by atoms with Crippen molar-refractivity contribution in [2.75, 3.05) is 25.0 Å². The van der Waals surface area contributed by atoms with Gasteiger partial charge in [-0.3, -0.25) is 0 Å². The molecule has 0 aliphatic rings. The number of rotatable bonds is 8. The lowest BCUT2D eigenvalue weighted by atomic mass is 10.1. The van der Waals surface area contributed by atoms with E-state index in [0.29, 0.717) is 58.4 Å². The Morgan fingerprint density at radius 3 is 1.32 bits per heavy atom. The van der Waals surface area contributed by atoms with Crippen LogP contribution >= 0.6 is 23.2 Å². The van der Waals surface area contributed by atoms with E-state index in [0.717, 1.165) is 34.4 Å². The van der Waals surface area contributed by atoms with Gasteiger partial charge in [0, 0.05) is 34.7 Å². The van der Waals surface area contributed by atoms with E-state index in [1.165, 1.54) is 0 Å². The molecule has 0 bridgehead atoms. The second-order valence-electron chi connectivity index (χ2n) is 8.97. The second kappa shape index (κ2) is 12.9. The fourth-order valence-corrected chi connectivity index (χ4v) is 4.61. The van der Waals surface area contributed by atoms with E-state index in [4.69, 9.17) is 41.5 Å². The quantitative estimate of drug-likeness (QED) is 0.0792. The van der Waals surface area contributed by atoms with Crippen LogP contribution in [0.5, 0.6) is 11.5 Å². The minimum Gasteiger partial charge on any atom is -0.493 e. The largest absolute Gasteiger partial charge is 0.493 e. The third kappa shape index (κ3) is 6.09. The molecular formula is C32H26Cl2O6. The normalized spacial score (nSPS) is 11.1. The number of alkyl halides is 2. The van der Waals surface area contributed by atoms with Gasteiger partial charge in [-0.05, 0) is 60.0 Å². The highest BCUT2D eigenvalue weighted by Crippen LogP contribution is 2.27. The average molecular weight is 577 g/mol. The van der Waals surface area contributed by atoms with Gasteiger partial charge in [0.2, 0.25) is 0 Å². The zero-order chi connectivity index (χ0) is 27.9. The Kier molecular flexibility index (Phi) is 8.89. The van der Waals surface area contributed by atoms with Gasteiger partial charge < -0.3 is 18.3 Å². The maximum Gasteiger partial charge on any atom is 0.344 e. The summed E-state index contributed by atoms with van der Waals surface area (Å²) in [7, 11) is 0. The molecule has 0 saturated carbocycles. The second-order valence-corrected chi connectivity index (χ2v) is 9.72. The molecule has 6 nitrogen and oxygen atoms in total. The van der Waals surface area contributed by atoms with Gasteiger partial charge in [-0.1, -0.05) is 36.4 Å². The zero-order valence-corrected chi connectivity index (χ0v) is 23.0. The number of fused-ring (bicyclic) bond motifs is 6. The molecule has 8 heteroatoms. The molecule has 0 fully saturated rings. The van der Waals surface area contributed by atoms with Crippen LogP contribution in [0.15, 0.2) is 103 Å². The van der Waals surface area contributed by atoms with Crippen LogP contribution in [0, 0.1) is 0 Å². The zero-order valence-electron chi connectivity index (χ0n) is 21.5. The summed E-state index contributed by atoms with van der Waals surface area (Å²) in [5, 5.41) is 4.79. The summed E-state index contributed by atoms with van der Waals surface area (Å²) < 4.78 is 21.8. The number of ether oxygens (including phenoxy) is 2. The highest BCUT2D eigenvalue weighted by atomic mass is 35.5. The molecule has 6 rings (SSSR count). The van der Waals surface area contributed by atoms with Crippen molar-refractivity contribution in [3.05, 3.63) is 106 Å². The van der Waals surface area contributed by atoms with E-state index in [2.05, 4.69) is 0 Å². The molecule has 2 heterocycles. The maximum absolute atomic E-state index is 11.9. The van der Waals surface area contributed by atoms with Crippen LogP contribution in [0.3, 0.4) is 0 Å². The van der Waals surface area contributed by atoms with Gasteiger partial charge in [0.25, 0.3) is 0 Å². The third-order valence-corrected chi connectivity index (χ3v) is 6.81. The summed E-state index contributed by atoms with van der Waals surface area (Å²) in [6.45, 7) is 1.10. The van der Waals surface area contributed by atoms with Gasteiger partial charge in [-0.15, -0.1) is 23.2 Å². The minimum absolute atomic E-state index is 0.328. The van der Waals surface area contributed by atoms with Crippen molar-refractivity contribution in [3.63, 3.8) is 0 Å². The standard InChI is InChI=1S/2C16H13ClO3/c2*17-8-3-9-19-11-6-7-13-12-4-1-2-5-14(12)16(18)20-15(13)10-11/h2*1-2,4-7,10H,3,8-9H2. The summed E-state index contributed by atoms with van der Waals surface area (Å²) in [5.74, 6) is 2.49. The van der Waals surface area contributed by atoms with Crippen molar-refractivity contribution in [2.24, 2.45) is 0 Å². The molecule has 0 aliphatic heterocycles. The van der Waals surface area contributed by atoms with Crippen LogP contribution in [0.2, 0.25) is 0 Å². The van der Waals surface area contributed by atoms with Crippen molar-refractivity contribution < 1.29 is 18.3 Å². The lowest BCUT2D eigenvalue weighted by molar-refractivity contribution is 0.318. The van der Waals surface area contributed by atoms with E-state index in [-0.39, 0.29) is 11.3 Å². The minimum atomic E-state index is -0.328. The molecule has 4 aromatic carbocycles. The fourth-order valence-electron chi connectivity index (χ4n) is 4.39. The fraction of sp³-hybridized carbons (Fsp3) is 0.188. The molecular weight excluding hydrogens is 551 g/mol. The van der Waals surface area contributed by atoms with E-state index in [1.807, 2.05) is 60.7 Å². The summed E-state index contributed by atoms with van der Waals surface area (Å²) in [6.07, 6.45) is 1.56. The Morgan fingerprint density at radius 2 is 0.925 bits per heavy atom. The Balaban J connectivity index is 0.000000161. The molecule has 0 radical (unpaired) electrons. The van der Waals surface area contributed by atoms with Gasteiger partial charge in [-0.2, -0.15) is 0 Å². The van der Waals surface area contributed by atoms with Gasteiger partial charge in [0.15, 0.2) is 0 Å². The van der Waals surface area contributed by atoms with E-state index in [1.54, 1.807) is 24.3 Å². The predicted octanol–water partition coefficient (Wildman–Crippen LogP) is 7.91. The molecule has 2 aromatic heterocycles. The molecule has 0 unspecified atom stereocenters. The molecule has 6 aromatic rings. The highest BCUT2D eigenvalue weighted by Gasteiger charge is 2.09. The monoisotopic (exact) mass is 576 g/mol. The molecule has 0 N–H and O–H groups in total. The van der Waals surface area contributed by atoms with Gasteiger partial charge in [-0.25, -0.2) is 9.59 Å². The summed E-state index contributed by atoms with van der Waals surface area (Å²) in [5.41, 5.74) is 0.422. The molecule has 0 atom stereocenters. The van der Waals surface area contributed by atoms with Gasteiger partial charge >= 0.3 is 11.3 Å². The van der Waals surface area contributed by atoms with Crippen LogP contribution in [0.1, 0.15) is 12.8 Å². The van der Waals surface area contributed by atoms with Crippen molar-refractivity contribution in [1.82, 2.24) is 0 Å². The van der Waals surface area contributed by atoms with Crippen LogP contribution in [-0.2, 0) is 0 Å². The van der Waals surface area contributed by atoms with Crippen molar-refractivity contribution in [1.29, 1.82) is 0 Å². The first-order valence-electron chi connectivity index (χ1n) is 12.9. The highest BCUT2D eigenvalue weighted by molar-refractivity contribution is 6.18. The van der Waals surface area contributed by atoms with Crippen molar-refractivity contribution in [2.45, 2.75) is 12.8 Å². The SMILES string of the molecule is O=c1oc2cc(OCCCCl)ccc2c2ccccc12.O=c1oc2cc(OCCCCl)ccc2c2ccccc12. The Bertz CT molecular complexity index is 1750. The van der Waals surface area contributed by atoms with E-state index < -0.39 is 0 Å². The lowest BCUT2D eigenvalue weighted by Crippen LogP contribution is -2.01. The Labute approximate surface area is 239 Å². The number of hydrogen-bond donors (Lipinski definition) is 0. The van der Waals surface area contributed by atoms with Crippen LogP contribution in [-0.4, -0.2) is 25.0 Å². The van der Waals surface area contributed by atoms with Crippen LogP contribution in [0.25, 0.3) is 43.5 Å². The van der Waals surface area contributed by atoms with E-state index >= 15 is 0 Å². The summed E-state index contributed by atoms with van der Waals surface area (Å²) in [6, 6.07) is 25.9. The van der Waals surface area contributed by atoms with Gasteiger partial charge in [0.1, 0.15) is 22.7 Å². The molecule has 40 heavy (non-hydrogen) atoms. The molecule has 0 saturated heterocycles. The number of benzene rings is 4.